The number of thioether (sulfide) groups is 1. The molecule has 0 N–H and O–H groups in total. The van der Waals surface area contributed by atoms with Crippen LogP contribution in [0.2, 0.25) is 0 Å². The summed E-state index contributed by atoms with van der Waals surface area (Å²) in [7, 11) is 0. The molecule has 0 aromatic carbocycles. The maximum absolute atomic E-state index is 2.41. The minimum atomic E-state index is 1.24. The second kappa shape index (κ2) is 9.18. The normalized spacial score (nSPS) is 15.1. The molecular weight excluding hydrogens is 164 g/mol. The van der Waals surface area contributed by atoms with Gasteiger partial charge in [0, 0.05) is 0 Å². The quantitative estimate of drug-likeness (QED) is 0.593. The van der Waals surface area contributed by atoms with Crippen molar-refractivity contribution in [2.24, 2.45) is 0 Å². The molecule has 72 valence electrons. The fraction of sp³-hybridized carbons (Fsp3) is 0.818. The zero-order valence-corrected chi connectivity index (χ0v) is 9.54. The maximum Gasteiger partial charge on any atom is -0.00988 e. The van der Waals surface area contributed by atoms with Crippen LogP contribution in [0.4, 0.5) is 0 Å². The standard InChI is InChI=1S/C8H14.C3H8S/c1-2-5-8-6-3-4-7-8;1-3-4-2/h6H,2-5,7H2,1H3;3H2,1-2H3. The second-order valence-electron chi connectivity index (χ2n) is 3.08. The zero-order chi connectivity index (χ0) is 9.23. The van der Waals surface area contributed by atoms with E-state index >= 15 is 0 Å². The van der Waals surface area contributed by atoms with E-state index in [9.17, 15) is 0 Å². The molecule has 0 atom stereocenters. The molecule has 0 bridgehead atoms. The zero-order valence-electron chi connectivity index (χ0n) is 8.73. The Morgan fingerprint density at radius 3 is 2.42 bits per heavy atom. The van der Waals surface area contributed by atoms with Crippen LogP contribution < -0.4 is 0 Å². The van der Waals surface area contributed by atoms with Gasteiger partial charge >= 0.3 is 0 Å². The lowest BCUT2D eigenvalue weighted by Crippen LogP contribution is -1.73. The summed E-state index contributed by atoms with van der Waals surface area (Å²) in [6.45, 7) is 4.39. The lowest BCUT2D eigenvalue weighted by atomic mass is 10.1. The summed E-state index contributed by atoms with van der Waals surface area (Å²) in [4.78, 5) is 0. The van der Waals surface area contributed by atoms with Gasteiger partial charge in [0.25, 0.3) is 0 Å². The molecule has 0 amide bonds. The van der Waals surface area contributed by atoms with E-state index in [4.69, 9.17) is 0 Å². The van der Waals surface area contributed by atoms with E-state index in [-0.39, 0.29) is 0 Å². The van der Waals surface area contributed by atoms with Gasteiger partial charge in [-0.2, -0.15) is 11.8 Å². The van der Waals surface area contributed by atoms with Crippen molar-refractivity contribution in [1.82, 2.24) is 0 Å². The first-order chi connectivity index (χ1) is 5.85. The fourth-order valence-corrected chi connectivity index (χ4v) is 1.29. The topological polar surface area (TPSA) is 0 Å². The number of allylic oxidation sites excluding steroid dienone is 2. The summed E-state index contributed by atoms with van der Waals surface area (Å²) in [5.74, 6) is 1.24. The first-order valence-corrected chi connectivity index (χ1v) is 6.41. The van der Waals surface area contributed by atoms with Crippen LogP contribution in [0.5, 0.6) is 0 Å². The van der Waals surface area contributed by atoms with E-state index in [0.717, 1.165) is 0 Å². The molecule has 0 heterocycles. The highest BCUT2D eigenvalue weighted by molar-refractivity contribution is 7.98. The van der Waals surface area contributed by atoms with Crippen LogP contribution in [0, 0.1) is 0 Å². The van der Waals surface area contributed by atoms with Gasteiger partial charge < -0.3 is 0 Å². The molecule has 0 saturated carbocycles. The van der Waals surface area contributed by atoms with Crippen molar-refractivity contribution >= 4 is 11.8 Å². The van der Waals surface area contributed by atoms with E-state index < -0.39 is 0 Å². The summed E-state index contributed by atoms with van der Waals surface area (Å²) >= 11 is 1.86. The molecule has 1 aliphatic carbocycles. The van der Waals surface area contributed by atoms with Gasteiger partial charge in [-0.25, -0.2) is 0 Å². The average Bonchev–Trinajstić information content (AvgIpc) is 2.58. The van der Waals surface area contributed by atoms with Crippen LogP contribution >= 0.6 is 11.8 Å². The Morgan fingerprint density at radius 1 is 1.42 bits per heavy atom. The van der Waals surface area contributed by atoms with Crippen molar-refractivity contribution in [2.45, 2.75) is 46.0 Å². The molecular formula is C11H22S. The molecule has 0 nitrogen and oxygen atoms in total. The molecule has 0 saturated heterocycles. The first kappa shape index (κ1) is 12.1. The molecule has 0 aromatic rings. The highest BCUT2D eigenvalue weighted by Crippen LogP contribution is 2.21. The van der Waals surface area contributed by atoms with Crippen LogP contribution in [-0.4, -0.2) is 12.0 Å². The summed E-state index contributed by atoms with van der Waals surface area (Å²) in [6.07, 6.45) is 11.3. The van der Waals surface area contributed by atoms with Gasteiger partial charge in [0.05, 0.1) is 0 Å². The third kappa shape index (κ3) is 6.78. The Labute approximate surface area is 81.8 Å². The van der Waals surface area contributed by atoms with Gasteiger partial charge in [-0.05, 0) is 37.7 Å². The van der Waals surface area contributed by atoms with E-state index in [0.29, 0.717) is 0 Å². The Bertz CT molecular complexity index is 114. The lowest BCUT2D eigenvalue weighted by Gasteiger charge is -1.93. The SMILES string of the molecule is CCCC1=CCCC1.CCSC. The Balaban J connectivity index is 0.000000261. The average molecular weight is 186 g/mol. The predicted octanol–water partition coefficient (Wildman–Crippen LogP) is 4.27. The van der Waals surface area contributed by atoms with Crippen LogP contribution in [0.1, 0.15) is 46.0 Å². The molecule has 0 aromatic heterocycles. The lowest BCUT2D eigenvalue weighted by molar-refractivity contribution is 0.830. The van der Waals surface area contributed by atoms with Gasteiger partial charge in [-0.15, -0.1) is 0 Å². The summed E-state index contributed by atoms with van der Waals surface area (Å²) in [5.41, 5.74) is 1.70. The molecule has 0 aliphatic heterocycles. The van der Waals surface area contributed by atoms with Gasteiger partial charge in [0.2, 0.25) is 0 Å². The largest absolute Gasteiger partial charge is 0.166 e. The Hall–Kier alpha value is 0.0900. The maximum atomic E-state index is 2.41. The predicted molar refractivity (Wildman–Crippen MR) is 60.9 cm³/mol. The van der Waals surface area contributed by atoms with E-state index in [1.54, 1.807) is 5.57 Å². The summed E-state index contributed by atoms with van der Waals surface area (Å²) in [6, 6.07) is 0. The van der Waals surface area contributed by atoms with Crippen LogP contribution in [-0.2, 0) is 0 Å². The van der Waals surface area contributed by atoms with Gasteiger partial charge in [-0.3, -0.25) is 0 Å². The van der Waals surface area contributed by atoms with Crippen molar-refractivity contribution in [3.05, 3.63) is 11.6 Å². The monoisotopic (exact) mass is 186 g/mol. The third-order valence-electron chi connectivity index (χ3n) is 1.99. The Morgan fingerprint density at radius 2 is 2.08 bits per heavy atom. The highest BCUT2D eigenvalue weighted by Gasteiger charge is 2.00. The minimum absolute atomic E-state index is 1.24. The van der Waals surface area contributed by atoms with Crippen LogP contribution in [0.3, 0.4) is 0 Å². The molecule has 0 fully saturated rings. The Kier molecular flexibility index (Phi) is 9.25. The third-order valence-corrected chi connectivity index (χ3v) is 2.57. The number of hydrogen-bond donors (Lipinski definition) is 0. The van der Waals surface area contributed by atoms with Crippen molar-refractivity contribution in [1.29, 1.82) is 0 Å². The summed E-state index contributed by atoms with van der Waals surface area (Å²) < 4.78 is 0. The fourth-order valence-electron chi connectivity index (χ4n) is 1.29. The van der Waals surface area contributed by atoms with Crippen molar-refractivity contribution in [3.63, 3.8) is 0 Å². The molecule has 0 unspecified atom stereocenters. The highest BCUT2D eigenvalue weighted by atomic mass is 32.2. The molecule has 0 radical (unpaired) electrons. The van der Waals surface area contributed by atoms with Gasteiger partial charge in [0.1, 0.15) is 0 Å². The van der Waals surface area contributed by atoms with Crippen LogP contribution in [0.25, 0.3) is 0 Å². The summed E-state index contributed by atoms with van der Waals surface area (Å²) in [5, 5.41) is 0. The van der Waals surface area contributed by atoms with Crippen LogP contribution in [0.15, 0.2) is 11.6 Å². The number of rotatable bonds is 3. The van der Waals surface area contributed by atoms with Crippen molar-refractivity contribution in [3.8, 4) is 0 Å². The van der Waals surface area contributed by atoms with Crippen molar-refractivity contribution in [2.75, 3.05) is 12.0 Å². The first-order valence-electron chi connectivity index (χ1n) is 5.02. The molecule has 1 aliphatic rings. The number of hydrogen-bond acceptors (Lipinski definition) is 1. The van der Waals surface area contributed by atoms with Crippen molar-refractivity contribution < 1.29 is 0 Å². The minimum Gasteiger partial charge on any atom is -0.166 e. The molecule has 0 spiro atoms. The molecule has 1 rings (SSSR count). The van der Waals surface area contributed by atoms with E-state index in [2.05, 4.69) is 26.2 Å². The molecule has 1 heteroatoms. The molecule has 12 heavy (non-hydrogen) atoms. The van der Waals surface area contributed by atoms with Gasteiger partial charge in [0.15, 0.2) is 0 Å². The smallest absolute Gasteiger partial charge is 0.00988 e. The van der Waals surface area contributed by atoms with Gasteiger partial charge in [-0.1, -0.05) is 31.9 Å². The van der Waals surface area contributed by atoms with E-state index in [1.165, 1.54) is 37.9 Å². The van der Waals surface area contributed by atoms with E-state index in [1.807, 2.05) is 11.8 Å². The second-order valence-corrected chi connectivity index (χ2v) is 4.24.